The van der Waals surface area contributed by atoms with E-state index >= 15 is 0 Å². The Morgan fingerprint density at radius 1 is 1.25 bits per heavy atom. The normalized spacial score (nSPS) is 10.2. The molecule has 5 N–H and O–H groups in total. The van der Waals surface area contributed by atoms with Crippen molar-refractivity contribution in [2.75, 3.05) is 13.1 Å². The van der Waals surface area contributed by atoms with Gasteiger partial charge in [0.1, 0.15) is 5.69 Å². The first-order valence-corrected chi connectivity index (χ1v) is 5.67. The molecule has 1 rings (SSSR count). The highest BCUT2D eigenvalue weighted by atomic mass is 16.4. The number of carboxylic acid groups (broad SMARTS) is 1. The van der Waals surface area contributed by atoms with Gasteiger partial charge in [-0.05, 0) is 17.7 Å². The van der Waals surface area contributed by atoms with Crippen LogP contribution in [0.15, 0.2) is 24.4 Å². The van der Waals surface area contributed by atoms with Crippen LogP contribution in [0.3, 0.4) is 0 Å². The number of primary amides is 1. The predicted molar refractivity (Wildman–Crippen MR) is 70.8 cm³/mol. The second-order valence-corrected chi connectivity index (χ2v) is 3.70. The third-order valence-electron chi connectivity index (χ3n) is 2.15. The maximum absolute atomic E-state index is 11.6. The standard InChI is InChI=1S/C12H14N4O4/c13-12(20)15-6-5-14-11(19)9-3-1-8(7-16-9)2-4-10(17)18/h1-4,7H,5-6H2,(H,14,19)(H,17,18)(H3,13,15,20)/b4-2+. The highest BCUT2D eigenvalue weighted by Crippen LogP contribution is 2.02. The SMILES string of the molecule is NC(=O)NCCNC(=O)c1ccc(/C=C/C(=O)O)cn1. The number of amides is 3. The van der Waals surface area contributed by atoms with Gasteiger partial charge in [-0.25, -0.2) is 9.59 Å². The van der Waals surface area contributed by atoms with E-state index in [1.165, 1.54) is 18.3 Å². The third-order valence-corrected chi connectivity index (χ3v) is 2.15. The van der Waals surface area contributed by atoms with Crippen LogP contribution < -0.4 is 16.4 Å². The number of hydrogen-bond acceptors (Lipinski definition) is 4. The highest BCUT2D eigenvalue weighted by Gasteiger charge is 2.05. The van der Waals surface area contributed by atoms with Gasteiger partial charge < -0.3 is 21.5 Å². The summed E-state index contributed by atoms with van der Waals surface area (Å²) in [5.41, 5.74) is 5.62. The number of aliphatic carboxylic acids is 1. The number of carbonyl (C=O) groups is 3. The predicted octanol–water partition coefficient (Wildman–Crippen LogP) is -0.422. The molecule has 0 bridgehead atoms. The van der Waals surface area contributed by atoms with Crippen LogP contribution >= 0.6 is 0 Å². The molecule has 0 saturated heterocycles. The molecule has 0 aliphatic carbocycles. The summed E-state index contributed by atoms with van der Waals surface area (Å²) in [6.45, 7) is 0.449. The number of carboxylic acids is 1. The van der Waals surface area contributed by atoms with E-state index in [2.05, 4.69) is 15.6 Å². The van der Waals surface area contributed by atoms with Crippen molar-refractivity contribution in [1.29, 1.82) is 0 Å². The molecule has 0 unspecified atom stereocenters. The van der Waals surface area contributed by atoms with Gasteiger partial charge in [0.05, 0.1) is 0 Å². The lowest BCUT2D eigenvalue weighted by molar-refractivity contribution is -0.131. The van der Waals surface area contributed by atoms with Crippen molar-refractivity contribution in [3.63, 3.8) is 0 Å². The van der Waals surface area contributed by atoms with E-state index in [1.54, 1.807) is 6.07 Å². The Morgan fingerprint density at radius 2 is 1.95 bits per heavy atom. The highest BCUT2D eigenvalue weighted by molar-refractivity contribution is 5.92. The second-order valence-electron chi connectivity index (χ2n) is 3.70. The molecule has 0 spiro atoms. The Bertz CT molecular complexity index is 525. The minimum absolute atomic E-state index is 0.191. The molecule has 0 radical (unpaired) electrons. The van der Waals surface area contributed by atoms with Gasteiger partial charge in [0.25, 0.3) is 5.91 Å². The van der Waals surface area contributed by atoms with Crippen LogP contribution in [-0.4, -0.2) is 41.1 Å². The molecule has 0 saturated carbocycles. The molecule has 0 atom stereocenters. The van der Waals surface area contributed by atoms with Gasteiger partial charge in [-0.15, -0.1) is 0 Å². The molecule has 106 valence electrons. The Morgan fingerprint density at radius 3 is 2.50 bits per heavy atom. The zero-order chi connectivity index (χ0) is 15.0. The van der Waals surface area contributed by atoms with Crippen molar-refractivity contribution in [1.82, 2.24) is 15.6 Å². The molecular formula is C12H14N4O4. The van der Waals surface area contributed by atoms with Crippen LogP contribution in [0, 0.1) is 0 Å². The van der Waals surface area contributed by atoms with E-state index in [-0.39, 0.29) is 18.8 Å². The number of nitrogens with zero attached hydrogens (tertiary/aromatic N) is 1. The van der Waals surface area contributed by atoms with Gasteiger partial charge >= 0.3 is 12.0 Å². The zero-order valence-electron chi connectivity index (χ0n) is 10.5. The fourth-order valence-electron chi connectivity index (χ4n) is 1.26. The quantitative estimate of drug-likeness (QED) is 0.414. The molecule has 0 aliphatic heterocycles. The molecule has 1 aromatic heterocycles. The van der Waals surface area contributed by atoms with E-state index in [4.69, 9.17) is 10.8 Å². The first-order chi connectivity index (χ1) is 9.49. The average molecular weight is 278 g/mol. The van der Waals surface area contributed by atoms with Gasteiger partial charge in [0.15, 0.2) is 0 Å². The van der Waals surface area contributed by atoms with Gasteiger partial charge in [-0.2, -0.15) is 0 Å². The Kier molecular flexibility index (Phi) is 5.70. The number of hydrogen-bond donors (Lipinski definition) is 4. The Labute approximate surface area is 114 Å². The summed E-state index contributed by atoms with van der Waals surface area (Å²) in [5.74, 6) is -1.46. The second kappa shape index (κ2) is 7.52. The Balaban J connectivity index is 2.49. The first kappa shape index (κ1) is 15.2. The van der Waals surface area contributed by atoms with Crippen LogP contribution in [0.25, 0.3) is 6.08 Å². The zero-order valence-corrected chi connectivity index (χ0v) is 10.5. The number of pyridine rings is 1. The van der Waals surface area contributed by atoms with Gasteiger partial charge in [0, 0.05) is 25.4 Å². The van der Waals surface area contributed by atoms with Crippen molar-refractivity contribution in [2.24, 2.45) is 5.73 Å². The van der Waals surface area contributed by atoms with Crippen molar-refractivity contribution in [3.8, 4) is 0 Å². The summed E-state index contributed by atoms with van der Waals surface area (Å²) >= 11 is 0. The van der Waals surface area contributed by atoms with Crippen molar-refractivity contribution in [2.45, 2.75) is 0 Å². The lowest BCUT2D eigenvalue weighted by atomic mass is 10.2. The lowest BCUT2D eigenvalue weighted by Crippen LogP contribution is -2.37. The smallest absolute Gasteiger partial charge is 0.328 e. The maximum atomic E-state index is 11.6. The number of carbonyl (C=O) groups excluding carboxylic acids is 2. The number of nitrogens with one attached hydrogen (secondary N) is 2. The van der Waals surface area contributed by atoms with E-state index in [1.807, 2.05) is 0 Å². The van der Waals surface area contributed by atoms with E-state index < -0.39 is 17.9 Å². The summed E-state index contributed by atoms with van der Waals surface area (Å²) in [5, 5.41) is 13.3. The first-order valence-electron chi connectivity index (χ1n) is 5.67. The van der Waals surface area contributed by atoms with Gasteiger partial charge in [-0.1, -0.05) is 6.07 Å². The molecule has 0 fully saturated rings. The molecule has 1 aromatic rings. The monoisotopic (exact) mass is 278 g/mol. The summed E-state index contributed by atoms with van der Waals surface area (Å²) in [6.07, 6.45) is 3.73. The fourth-order valence-corrected chi connectivity index (χ4v) is 1.26. The van der Waals surface area contributed by atoms with Crippen molar-refractivity contribution >= 4 is 24.0 Å². The van der Waals surface area contributed by atoms with E-state index in [0.717, 1.165) is 6.08 Å². The molecule has 0 aromatic carbocycles. The summed E-state index contributed by atoms with van der Waals surface area (Å²) in [7, 11) is 0. The molecule has 8 nitrogen and oxygen atoms in total. The van der Waals surface area contributed by atoms with E-state index in [9.17, 15) is 14.4 Å². The topological polar surface area (TPSA) is 134 Å². The van der Waals surface area contributed by atoms with Crippen LogP contribution in [-0.2, 0) is 4.79 Å². The molecule has 1 heterocycles. The molecule has 3 amide bonds. The number of rotatable bonds is 6. The van der Waals surface area contributed by atoms with Crippen LogP contribution in [0.5, 0.6) is 0 Å². The van der Waals surface area contributed by atoms with Crippen LogP contribution in [0.2, 0.25) is 0 Å². The number of nitrogens with two attached hydrogens (primary N) is 1. The molecular weight excluding hydrogens is 264 g/mol. The van der Waals surface area contributed by atoms with E-state index in [0.29, 0.717) is 5.56 Å². The fraction of sp³-hybridized carbons (Fsp3) is 0.167. The lowest BCUT2D eigenvalue weighted by Gasteiger charge is -2.05. The van der Waals surface area contributed by atoms with Gasteiger partial charge in [0.2, 0.25) is 0 Å². The average Bonchev–Trinajstić information content (AvgIpc) is 2.41. The molecule has 0 aliphatic rings. The van der Waals surface area contributed by atoms with Crippen LogP contribution in [0.4, 0.5) is 4.79 Å². The summed E-state index contributed by atoms with van der Waals surface area (Å²) < 4.78 is 0. The number of urea groups is 1. The molecule has 20 heavy (non-hydrogen) atoms. The van der Waals surface area contributed by atoms with Crippen molar-refractivity contribution < 1.29 is 19.5 Å². The maximum Gasteiger partial charge on any atom is 0.328 e. The minimum atomic E-state index is -1.06. The van der Waals surface area contributed by atoms with Crippen molar-refractivity contribution in [3.05, 3.63) is 35.7 Å². The van der Waals surface area contributed by atoms with Crippen LogP contribution in [0.1, 0.15) is 16.1 Å². The van der Waals surface area contributed by atoms with Gasteiger partial charge in [-0.3, -0.25) is 9.78 Å². The molecule has 8 heteroatoms. The number of aromatic nitrogens is 1. The Hall–Kier alpha value is -2.90. The largest absolute Gasteiger partial charge is 0.478 e. The summed E-state index contributed by atoms with van der Waals surface area (Å²) in [6, 6.07) is 2.38. The minimum Gasteiger partial charge on any atom is -0.478 e. The summed E-state index contributed by atoms with van der Waals surface area (Å²) in [4.78, 5) is 36.3. The third kappa shape index (κ3) is 5.63.